The highest BCUT2D eigenvalue weighted by Crippen LogP contribution is 2.33. The molecule has 3 heterocycles. The van der Waals surface area contributed by atoms with Crippen molar-refractivity contribution in [3.8, 4) is 11.3 Å². The van der Waals surface area contributed by atoms with Crippen LogP contribution in [0.25, 0.3) is 22.2 Å². The summed E-state index contributed by atoms with van der Waals surface area (Å²) in [4.78, 5) is 25.9. The average molecular weight is 511 g/mol. The number of H-pyrrole nitrogens is 1. The van der Waals surface area contributed by atoms with Crippen molar-refractivity contribution in [1.29, 1.82) is 0 Å². The van der Waals surface area contributed by atoms with Gasteiger partial charge in [0, 0.05) is 67.2 Å². The molecular weight excluding hydrogens is 479 g/mol. The first-order valence-corrected chi connectivity index (χ1v) is 13.0. The molecule has 7 nitrogen and oxygen atoms in total. The number of nitrogens with zero attached hydrogens (tertiary/aromatic N) is 3. The fraction of sp³-hybridized carbons (Fsp3) is 0.444. The number of fused-ring (bicyclic) bond motifs is 1. The van der Waals surface area contributed by atoms with Gasteiger partial charge in [0.05, 0.1) is 16.9 Å². The van der Waals surface area contributed by atoms with Gasteiger partial charge in [0.1, 0.15) is 5.67 Å². The summed E-state index contributed by atoms with van der Waals surface area (Å²) in [6.07, 6.45) is 9.49. The van der Waals surface area contributed by atoms with E-state index in [0.29, 0.717) is 49.1 Å². The molecule has 3 aromatic rings. The van der Waals surface area contributed by atoms with Crippen LogP contribution in [0.1, 0.15) is 38.5 Å². The fourth-order valence-electron chi connectivity index (χ4n) is 5.34. The summed E-state index contributed by atoms with van der Waals surface area (Å²) in [5, 5.41) is 8.51. The number of likely N-dealkylation sites (tertiary alicyclic amines) is 1. The number of carbonyl (C=O) groups excluding carboxylic acids is 1. The number of benzene rings is 1. The normalized spacial score (nSPS) is 21.9. The summed E-state index contributed by atoms with van der Waals surface area (Å²) >= 11 is 6.48. The van der Waals surface area contributed by atoms with Gasteiger partial charge in [-0.1, -0.05) is 36.4 Å². The number of amides is 1. The van der Waals surface area contributed by atoms with Gasteiger partial charge in [-0.2, -0.15) is 0 Å². The minimum Gasteiger partial charge on any atom is -0.360 e. The van der Waals surface area contributed by atoms with Gasteiger partial charge in [-0.25, -0.2) is 14.4 Å². The van der Waals surface area contributed by atoms with E-state index in [1.165, 1.54) is 6.08 Å². The van der Waals surface area contributed by atoms with Gasteiger partial charge >= 0.3 is 0 Å². The molecule has 0 spiro atoms. The fourth-order valence-corrected chi connectivity index (χ4v) is 5.54. The molecule has 9 heteroatoms. The van der Waals surface area contributed by atoms with Gasteiger partial charge < -0.3 is 20.5 Å². The van der Waals surface area contributed by atoms with Gasteiger partial charge in [-0.05, 0) is 37.8 Å². The van der Waals surface area contributed by atoms with Gasteiger partial charge in [0.15, 0.2) is 0 Å². The molecule has 190 valence electrons. The maximum atomic E-state index is 15.4. The van der Waals surface area contributed by atoms with E-state index < -0.39 is 5.67 Å². The lowest BCUT2D eigenvalue weighted by molar-refractivity contribution is -0.128. The van der Waals surface area contributed by atoms with Crippen LogP contribution in [0.5, 0.6) is 0 Å². The lowest BCUT2D eigenvalue weighted by Gasteiger charge is -2.38. The van der Waals surface area contributed by atoms with E-state index in [9.17, 15) is 4.79 Å². The highest BCUT2D eigenvalue weighted by Gasteiger charge is 2.36. The molecule has 1 aliphatic carbocycles. The first kappa shape index (κ1) is 24.7. The molecule has 2 aromatic heterocycles. The van der Waals surface area contributed by atoms with Crippen molar-refractivity contribution in [2.24, 2.45) is 0 Å². The number of para-hydroxylation sites is 1. The second-order valence-electron chi connectivity index (χ2n) is 9.90. The minimum atomic E-state index is -1.29. The maximum absolute atomic E-state index is 15.4. The molecule has 2 fully saturated rings. The van der Waals surface area contributed by atoms with Crippen molar-refractivity contribution in [1.82, 2.24) is 25.2 Å². The number of piperidine rings is 1. The topological polar surface area (TPSA) is 85.9 Å². The zero-order valence-corrected chi connectivity index (χ0v) is 21.0. The van der Waals surface area contributed by atoms with Gasteiger partial charge in [0.25, 0.3) is 0 Å². The first-order chi connectivity index (χ1) is 17.4. The van der Waals surface area contributed by atoms with Crippen LogP contribution in [0.15, 0.2) is 49.3 Å². The van der Waals surface area contributed by atoms with Crippen molar-refractivity contribution in [3.05, 3.63) is 54.3 Å². The number of alkyl halides is 1. The number of aromatic amines is 1. The Bertz CT molecular complexity index is 1240. The molecule has 0 unspecified atom stereocenters. The van der Waals surface area contributed by atoms with Crippen LogP contribution >= 0.6 is 11.6 Å². The average Bonchev–Trinajstić information content (AvgIpc) is 3.33. The van der Waals surface area contributed by atoms with E-state index in [2.05, 4.69) is 27.2 Å². The molecule has 5 rings (SSSR count). The molecule has 1 amide bonds. The number of nitrogens with one attached hydrogen (secondary N) is 3. The van der Waals surface area contributed by atoms with E-state index in [0.717, 1.165) is 42.1 Å². The van der Waals surface area contributed by atoms with E-state index >= 15 is 4.39 Å². The van der Waals surface area contributed by atoms with Crippen LogP contribution < -0.4 is 10.6 Å². The van der Waals surface area contributed by atoms with Crippen LogP contribution in [0, 0.1) is 0 Å². The molecule has 36 heavy (non-hydrogen) atoms. The van der Waals surface area contributed by atoms with Crippen molar-refractivity contribution in [2.45, 2.75) is 56.3 Å². The molecule has 1 saturated carbocycles. The quantitative estimate of drug-likeness (QED) is 0.385. The maximum Gasteiger partial charge on any atom is 0.245 e. The lowest BCUT2D eigenvalue weighted by Crippen LogP contribution is -2.51. The predicted octanol–water partition coefficient (Wildman–Crippen LogP) is 5.11. The van der Waals surface area contributed by atoms with Gasteiger partial charge in [-0.15, -0.1) is 0 Å². The SMILES string of the molecule is C=CC(=O)N1CCC(F)(CN[C@H]2CCC[C@@H](Nc3ncc(Cl)c(-c4c[nH]c5ccccc45)n3)C2)CC1. The summed E-state index contributed by atoms with van der Waals surface area (Å²) in [5.41, 5.74) is 1.38. The molecule has 1 saturated heterocycles. The Labute approximate surface area is 215 Å². The largest absolute Gasteiger partial charge is 0.360 e. The van der Waals surface area contributed by atoms with E-state index in [1.54, 1.807) is 11.1 Å². The molecule has 1 aliphatic heterocycles. The van der Waals surface area contributed by atoms with Gasteiger partial charge in [-0.3, -0.25) is 4.79 Å². The third-order valence-corrected chi connectivity index (χ3v) is 7.73. The zero-order chi connectivity index (χ0) is 25.1. The highest BCUT2D eigenvalue weighted by molar-refractivity contribution is 6.33. The van der Waals surface area contributed by atoms with Crippen molar-refractivity contribution >= 4 is 34.4 Å². The molecule has 3 N–H and O–H groups in total. The second-order valence-corrected chi connectivity index (χ2v) is 10.3. The van der Waals surface area contributed by atoms with Crippen LogP contribution in [0.4, 0.5) is 10.3 Å². The van der Waals surface area contributed by atoms with Crippen molar-refractivity contribution in [2.75, 3.05) is 25.0 Å². The smallest absolute Gasteiger partial charge is 0.245 e. The van der Waals surface area contributed by atoms with Crippen LogP contribution in [-0.4, -0.2) is 63.1 Å². The first-order valence-electron chi connectivity index (χ1n) is 12.6. The zero-order valence-electron chi connectivity index (χ0n) is 20.3. The Hall–Kier alpha value is -2.97. The Morgan fingerprint density at radius 2 is 2.06 bits per heavy atom. The Balaban J connectivity index is 1.19. The summed E-state index contributed by atoms with van der Waals surface area (Å²) in [5.74, 6) is 0.426. The summed E-state index contributed by atoms with van der Waals surface area (Å²) in [7, 11) is 0. The number of hydrogen-bond donors (Lipinski definition) is 3. The van der Waals surface area contributed by atoms with Crippen LogP contribution in [0.2, 0.25) is 5.02 Å². The monoisotopic (exact) mass is 510 g/mol. The van der Waals surface area contributed by atoms with Crippen molar-refractivity contribution < 1.29 is 9.18 Å². The summed E-state index contributed by atoms with van der Waals surface area (Å²) in [6.45, 7) is 4.70. The Morgan fingerprint density at radius 1 is 1.28 bits per heavy atom. The standard InChI is InChI=1S/C27H32ClFN6O/c1-2-24(36)35-12-10-27(29,11-13-35)17-32-18-6-5-7-19(14-18)33-26-31-16-22(28)25(34-26)21-15-30-23-9-4-3-8-20(21)23/h2-4,8-9,15-16,18-19,30,32H,1,5-7,10-14,17H2,(H,31,33,34)/t18-,19+/m0/s1. The number of rotatable bonds is 7. The van der Waals surface area contributed by atoms with Crippen LogP contribution in [-0.2, 0) is 4.79 Å². The number of anilines is 1. The molecule has 1 aromatic carbocycles. The summed E-state index contributed by atoms with van der Waals surface area (Å²) in [6, 6.07) is 8.46. The minimum absolute atomic E-state index is 0.122. The summed E-state index contributed by atoms with van der Waals surface area (Å²) < 4.78 is 15.4. The number of hydrogen-bond acceptors (Lipinski definition) is 5. The molecular formula is C27H32ClFN6O. The van der Waals surface area contributed by atoms with Crippen molar-refractivity contribution in [3.63, 3.8) is 0 Å². The molecule has 2 atom stereocenters. The van der Waals surface area contributed by atoms with Gasteiger partial charge in [0.2, 0.25) is 11.9 Å². The van der Waals surface area contributed by atoms with E-state index in [1.807, 2.05) is 30.5 Å². The molecule has 0 bridgehead atoms. The lowest BCUT2D eigenvalue weighted by atomic mass is 9.89. The number of carbonyl (C=O) groups is 1. The highest BCUT2D eigenvalue weighted by atomic mass is 35.5. The van der Waals surface area contributed by atoms with E-state index in [4.69, 9.17) is 16.6 Å². The third-order valence-electron chi connectivity index (χ3n) is 7.45. The number of halogens is 2. The third kappa shape index (κ3) is 5.39. The Morgan fingerprint density at radius 3 is 2.86 bits per heavy atom. The molecule has 0 radical (unpaired) electrons. The Kier molecular flexibility index (Phi) is 7.25. The predicted molar refractivity (Wildman–Crippen MR) is 142 cm³/mol. The second kappa shape index (κ2) is 10.6. The van der Waals surface area contributed by atoms with Crippen LogP contribution in [0.3, 0.4) is 0 Å². The molecule has 2 aliphatic rings. The van der Waals surface area contributed by atoms with E-state index in [-0.39, 0.29) is 18.0 Å². The number of aromatic nitrogens is 3.